The molecule has 1 amide bonds. The molecule has 23 heavy (non-hydrogen) atoms. The van der Waals surface area contributed by atoms with Crippen LogP contribution in [0.1, 0.15) is 50.5 Å². The summed E-state index contributed by atoms with van der Waals surface area (Å²) in [6.07, 6.45) is 6.41. The minimum atomic E-state index is -0.269. The summed E-state index contributed by atoms with van der Waals surface area (Å²) in [5.74, 6) is 0.926. The minimum absolute atomic E-state index is 0.0137. The van der Waals surface area contributed by atoms with Crippen molar-refractivity contribution in [1.82, 2.24) is 35.1 Å². The fourth-order valence-corrected chi connectivity index (χ4v) is 2.96. The smallest absolute Gasteiger partial charge is 0.231 e. The summed E-state index contributed by atoms with van der Waals surface area (Å²) in [7, 11) is 0. The molecule has 124 valence electrons. The van der Waals surface area contributed by atoms with Gasteiger partial charge in [0.15, 0.2) is 5.82 Å². The Labute approximate surface area is 135 Å². The maximum Gasteiger partial charge on any atom is 0.231 e. The van der Waals surface area contributed by atoms with Crippen LogP contribution in [0.2, 0.25) is 0 Å². The minimum Gasteiger partial charge on any atom is -0.350 e. The Morgan fingerprint density at radius 3 is 3.13 bits per heavy atom. The van der Waals surface area contributed by atoms with Gasteiger partial charge in [-0.15, -0.1) is 5.10 Å². The normalized spacial score (nSPS) is 17.8. The number of aryl methyl sites for hydroxylation is 1. The Morgan fingerprint density at radius 1 is 1.43 bits per heavy atom. The van der Waals surface area contributed by atoms with Crippen molar-refractivity contribution in [3.8, 4) is 0 Å². The van der Waals surface area contributed by atoms with Crippen molar-refractivity contribution in [1.29, 1.82) is 0 Å². The number of carbonyl (C=O) groups excluding carboxylic acids is 1. The van der Waals surface area contributed by atoms with Crippen LogP contribution in [0.15, 0.2) is 12.5 Å². The second kappa shape index (κ2) is 6.89. The zero-order valence-corrected chi connectivity index (χ0v) is 13.6. The highest BCUT2D eigenvalue weighted by atomic mass is 16.1. The highest BCUT2D eigenvalue weighted by Crippen LogP contribution is 2.24. The fourth-order valence-electron chi connectivity index (χ4n) is 2.96. The van der Waals surface area contributed by atoms with E-state index in [1.807, 2.05) is 6.33 Å². The molecule has 0 bridgehead atoms. The molecule has 0 saturated heterocycles. The summed E-state index contributed by atoms with van der Waals surface area (Å²) in [6.45, 7) is 6.48. The molecule has 1 aliphatic rings. The van der Waals surface area contributed by atoms with Crippen LogP contribution in [-0.2, 0) is 24.4 Å². The summed E-state index contributed by atoms with van der Waals surface area (Å²) in [4.78, 5) is 16.8. The van der Waals surface area contributed by atoms with Gasteiger partial charge >= 0.3 is 0 Å². The van der Waals surface area contributed by atoms with Gasteiger partial charge in [0.2, 0.25) is 5.91 Å². The molecule has 0 aromatic carbocycles. The first-order valence-electron chi connectivity index (χ1n) is 8.18. The quantitative estimate of drug-likeness (QED) is 0.892. The van der Waals surface area contributed by atoms with E-state index in [9.17, 15) is 4.79 Å². The molecule has 0 saturated carbocycles. The summed E-state index contributed by atoms with van der Waals surface area (Å²) < 4.78 is 3.84. The number of amides is 1. The first kappa shape index (κ1) is 15.6. The topological polar surface area (TPSA) is 90.5 Å². The molecule has 1 atom stereocenters. The van der Waals surface area contributed by atoms with Gasteiger partial charge in [0.25, 0.3) is 0 Å². The fraction of sp³-hybridized carbons (Fsp3) is 0.667. The van der Waals surface area contributed by atoms with Crippen molar-refractivity contribution in [3.05, 3.63) is 24.0 Å². The molecular weight excluding hydrogens is 294 g/mol. The number of aromatic nitrogens is 6. The van der Waals surface area contributed by atoms with Gasteiger partial charge in [0.1, 0.15) is 0 Å². The van der Waals surface area contributed by atoms with Crippen molar-refractivity contribution < 1.29 is 4.79 Å². The van der Waals surface area contributed by atoms with Gasteiger partial charge in [-0.3, -0.25) is 4.79 Å². The lowest BCUT2D eigenvalue weighted by atomic mass is 10.0. The summed E-state index contributed by atoms with van der Waals surface area (Å²) >= 11 is 0. The molecule has 1 unspecified atom stereocenters. The van der Waals surface area contributed by atoms with Crippen LogP contribution in [0.3, 0.4) is 0 Å². The van der Waals surface area contributed by atoms with E-state index in [0.29, 0.717) is 18.3 Å². The maximum absolute atomic E-state index is 12.6. The lowest BCUT2D eigenvalue weighted by molar-refractivity contribution is -0.123. The van der Waals surface area contributed by atoms with Crippen molar-refractivity contribution in [2.45, 2.75) is 58.7 Å². The van der Waals surface area contributed by atoms with Gasteiger partial charge in [0.05, 0.1) is 24.5 Å². The summed E-state index contributed by atoms with van der Waals surface area (Å²) in [6, 6.07) is 0. The maximum atomic E-state index is 12.6. The largest absolute Gasteiger partial charge is 0.350 e. The molecule has 2 aromatic rings. The molecule has 1 N–H and O–H groups in total. The van der Waals surface area contributed by atoms with Crippen LogP contribution in [0.4, 0.5) is 0 Å². The number of tetrazole rings is 1. The molecular formula is C15H23N7O. The van der Waals surface area contributed by atoms with E-state index in [1.54, 1.807) is 10.9 Å². The van der Waals surface area contributed by atoms with E-state index < -0.39 is 0 Å². The van der Waals surface area contributed by atoms with E-state index in [-0.39, 0.29) is 11.8 Å². The van der Waals surface area contributed by atoms with Gasteiger partial charge in [0, 0.05) is 19.3 Å². The standard InChI is InChI=1S/C15H23N7O/c1-11(2)9-21-10-16-7-12(21)8-17-15(23)13-5-3-4-6-22-14(13)18-19-20-22/h7,10-11,13H,3-6,8-9H2,1-2H3,(H,17,23). The molecule has 3 heterocycles. The summed E-state index contributed by atoms with van der Waals surface area (Å²) in [5, 5.41) is 14.7. The Kier molecular flexibility index (Phi) is 4.68. The number of rotatable bonds is 5. The van der Waals surface area contributed by atoms with Crippen LogP contribution in [0.5, 0.6) is 0 Å². The van der Waals surface area contributed by atoms with Gasteiger partial charge in [-0.05, 0) is 29.2 Å². The average molecular weight is 317 g/mol. The van der Waals surface area contributed by atoms with E-state index in [4.69, 9.17) is 0 Å². The van der Waals surface area contributed by atoms with Crippen molar-refractivity contribution in [2.24, 2.45) is 5.92 Å². The number of nitrogens with zero attached hydrogens (tertiary/aromatic N) is 6. The Morgan fingerprint density at radius 2 is 2.30 bits per heavy atom. The van der Waals surface area contributed by atoms with E-state index in [2.05, 4.69) is 44.2 Å². The molecule has 0 radical (unpaired) electrons. The predicted octanol–water partition coefficient (Wildman–Crippen LogP) is 1.11. The van der Waals surface area contributed by atoms with Gasteiger partial charge < -0.3 is 9.88 Å². The first-order chi connectivity index (χ1) is 11.1. The van der Waals surface area contributed by atoms with Gasteiger partial charge in [-0.25, -0.2) is 9.67 Å². The average Bonchev–Trinajstić information content (AvgIpc) is 3.10. The van der Waals surface area contributed by atoms with Crippen LogP contribution in [-0.4, -0.2) is 35.7 Å². The lowest BCUT2D eigenvalue weighted by Gasteiger charge is -2.15. The van der Waals surface area contributed by atoms with Crippen molar-refractivity contribution >= 4 is 5.91 Å². The van der Waals surface area contributed by atoms with E-state index in [1.165, 1.54) is 0 Å². The van der Waals surface area contributed by atoms with Crippen LogP contribution < -0.4 is 5.32 Å². The third-order valence-electron chi connectivity index (χ3n) is 4.10. The Balaban J connectivity index is 1.65. The van der Waals surface area contributed by atoms with Gasteiger partial charge in [-0.2, -0.15) is 0 Å². The number of carbonyl (C=O) groups is 1. The second-order valence-electron chi connectivity index (χ2n) is 6.46. The molecule has 3 rings (SSSR count). The first-order valence-corrected chi connectivity index (χ1v) is 8.18. The molecule has 8 nitrogen and oxygen atoms in total. The Hall–Kier alpha value is -2.25. The monoisotopic (exact) mass is 317 g/mol. The van der Waals surface area contributed by atoms with Crippen molar-refractivity contribution in [3.63, 3.8) is 0 Å². The molecule has 0 aliphatic carbocycles. The van der Waals surface area contributed by atoms with Gasteiger partial charge in [-0.1, -0.05) is 20.3 Å². The molecule has 0 fully saturated rings. The molecule has 8 heteroatoms. The van der Waals surface area contributed by atoms with Crippen molar-refractivity contribution in [2.75, 3.05) is 0 Å². The Bertz CT molecular complexity index is 660. The third kappa shape index (κ3) is 3.57. The molecule has 1 aliphatic heterocycles. The number of hydrogen-bond acceptors (Lipinski definition) is 5. The highest BCUT2D eigenvalue weighted by Gasteiger charge is 2.28. The highest BCUT2D eigenvalue weighted by molar-refractivity contribution is 5.82. The van der Waals surface area contributed by atoms with E-state index >= 15 is 0 Å². The number of fused-ring (bicyclic) bond motifs is 1. The number of imidazole rings is 1. The second-order valence-corrected chi connectivity index (χ2v) is 6.46. The SMILES string of the molecule is CC(C)Cn1cncc1CNC(=O)C1CCCCn2nnnc21. The zero-order valence-electron chi connectivity index (χ0n) is 13.6. The lowest BCUT2D eigenvalue weighted by Crippen LogP contribution is -2.31. The molecule has 2 aromatic heterocycles. The third-order valence-corrected chi connectivity index (χ3v) is 4.10. The van der Waals surface area contributed by atoms with E-state index in [0.717, 1.165) is 38.0 Å². The van der Waals surface area contributed by atoms with Crippen LogP contribution >= 0.6 is 0 Å². The zero-order chi connectivity index (χ0) is 16.2. The molecule has 0 spiro atoms. The number of nitrogens with one attached hydrogen (secondary N) is 1. The van der Waals surface area contributed by atoms with Crippen LogP contribution in [0, 0.1) is 5.92 Å². The van der Waals surface area contributed by atoms with Crippen LogP contribution in [0.25, 0.3) is 0 Å². The number of hydrogen-bond donors (Lipinski definition) is 1. The summed E-state index contributed by atoms with van der Waals surface area (Å²) in [5.41, 5.74) is 1.01. The predicted molar refractivity (Wildman–Crippen MR) is 83.3 cm³/mol.